The van der Waals surface area contributed by atoms with E-state index in [0.717, 1.165) is 37.2 Å². The summed E-state index contributed by atoms with van der Waals surface area (Å²) in [6.45, 7) is 6.13. The first-order chi connectivity index (χ1) is 13.0. The fourth-order valence-corrected chi connectivity index (χ4v) is 4.49. The van der Waals surface area contributed by atoms with Crippen LogP contribution in [0.5, 0.6) is 0 Å². The Morgan fingerprint density at radius 3 is 2.59 bits per heavy atom. The zero-order chi connectivity index (χ0) is 19.2. The molecule has 1 aliphatic carbocycles. The van der Waals surface area contributed by atoms with E-state index < -0.39 is 0 Å². The fraction of sp³-hybridized carbons (Fsp3) is 0.762. The molecule has 1 N–H and O–H groups in total. The number of rotatable bonds is 6. The number of nitrogens with one attached hydrogen (secondary N) is 1. The van der Waals surface area contributed by atoms with Crippen LogP contribution in [0, 0.1) is 19.8 Å². The van der Waals surface area contributed by atoms with Crippen LogP contribution in [0.2, 0.25) is 0 Å². The van der Waals surface area contributed by atoms with Crippen molar-refractivity contribution in [1.29, 1.82) is 0 Å². The van der Waals surface area contributed by atoms with E-state index in [1.54, 1.807) is 0 Å². The average Bonchev–Trinajstić information content (AvgIpc) is 2.84. The van der Waals surface area contributed by atoms with Crippen LogP contribution in [0.4, 0.5) is 0 Å². The van der Waals surface area contributed by atoms with Crippen LogP contribution in [0.15, 0.2) is 6.07 Å². The highest BCUT2D eigenvalue weighted by molar-refractivity contribution is 5.84. The first-order valence-corrected chi connectivity index (χ1v) is 10.6. The maximum absolute atomic E-state index is 12.6. The van der Waals surface area contributed by atoms with Gasteiger partial charge in [0.05, 0.1) is 11.6 Å². The summed E-state index contributed by atoms with van der Waals surface area (Å²) in [7, 11) is 0. The number of hydrogen-bond donors (Lipinski definition) is 1. The van der Waals surface area contributed by atoms with Crippen molar-refractivity contribution in [2.45, 2.75) is 84.2 Å². The van der Waals surface area contributed by atoms with Gasteiger partial charge in [0.2, 0.25) is 11.8 Å². The summed E-state index contributed by atoms with van der Waals surface area (Å²) < 4.78 is 1.99. The van der Waals surface area contributed by atoms with E-state index in [4.69, 9.17) is 0 Å². The third-order valence-electron chi connectivity index (χ3n) is 6.03. The highest BCUT2D eigenvalue weighted by atomic mass is 16.2. The third-order valence-corrected chi connectivity index (χ3v) is 6.03. The minimum Gasteiger partial charge on any atom is -0.356 e. The Morgan fingerprint density at radius 2 is 1.93 bits per heavy atom. The van der Waals surface area contributed by atoms with Gasteiger partial charge in [-0.25, -0.2) is 0 Å². The number of aromatic nitrogens is 2. The van der Waals surface area contributed by atoms with Crippen LogP contribution < -0.4 is 5.32 Å². The number of aryl methyl sites for hydroxylation is 3. The molecular formula is C21H34N4O2. The van der Waals surface area contributed by atoms with E-state index in [2.05, 4.69) is 23.4 Å². The van der Waals surface area contributed by atoms with Gasteiger partial charge in [-0.1, -0.05) is 25.7 Å². The molecule has 1 aliphatic heterocycles. The number of nitrogens with zero attached hydrogens (tertiary/aromatic N) is 3. The molecule has 6 nitrogen and oxygen atoms in total. The summed E-state index contributed by atoms with van der Waals surface area (Å²) in [5.41, 5.74) is 2.19. The van der Waals surface area contributed by atoms with Crippen LogP contribution in [-0.2, 0) is 16.1 Å². The predicted molar refractivity (Wildman–Crippen MR) is 105 cm³/mol. The molecule has 1 aromatic heterocycles. The van der Waals surface area contributed by atoms with Gasteiger partial charge in [-0.05, 0) is 45.6 Å². The lowest BCUT2D eigenvalue weighted by Gasteiger charge is -2.37. The lowest BCUT2D eigenvalue weighted by molar-refractivity contribution is -0.141. The monoisotopic (exact) mass is 374 g/mol. The molecular weight excluding hydrogens is 340 g/mol. The number of piperidine rings is 1. The Balaban J connectivity index is 1.45. The van der Waals surface area contributed by atoms with Crippen molar-refractivity contribution >= 4 is 11.8 Å². The summed E-state index contributed by atoms with van der Waals surface area (Å²) in [6, 6.07) is 2.42. The highest BCUT2D eigenvalue weighted by Crippen LogP contribution is 2.27. The molecule has 6 heteroatoms. The first kappa shape index (κ1) is 19.9. The maximum atomic E-state index is 12.6. The van der Waals surface area contributed by atoms with Crippen molar-refractivity contribution in [3.05, 3.63) is 17.5 Å². The van der Waals surface area contributed by atoms with Gasteiger partial charge < -0.3 is 10.2 Å². The lowest BCUT2D eigenvalue weighted by atomic mass is 9.93. The van der Waals surface area contributed by atoms with Crippen molar-refractivity contribution in [2.75, 3.05) is 13.1 Å². The standard InChI is InChI=1S/C21H34N4O2/c1-16-14-17(2)25(23-16)13-7-12-22-21(27)18-10-11-20(26)24(15-18)19-8-5-3-4-6-9-19/h14,18-19H,3-13,15H2,1-2H3,(H,22,27). The van der Waals surface area contributed by atoms with E-state index in [1.165, 1.54) is 25.7 Å². The number of carbonyl (C=O) groups is 2. The van der Waals surface area contributed by atoms with Crippen LogP contribution in [-0.4, -0.2) is 45.6 Å². The van der Waals surface area contributed by atoms with E-state index in [-0.39, 0.29) is 17.7 Å². The first-order valence-electron chi connectivity index (χ1n) is 10.6. The Bertz CT molecular complexity index is 647. The van der Waals surface area contributed by atoms with Gasteiger partial charge in [0.15, 0.2) is 0 Å². The van der Waals surface area contributed by atoms with Crippen molar-refractivity contribution < 1.29 is 9.59 Å². The zero-order valence-electron chi connectivity index (χ0n) is 16.9. The SMILES string of the molecule is Cc1cc(C)n(CCCNC(=O)C2CCC(=O)N(C3CCCCCC3)C2)n1. The molecule has 0 spiro atoms. The lowest BCUT2D eigenvalue weighted by Crippen LogP contribution is -2.50. The minimum atomic E-state index is -0.0559. The molecule has 1 atom stereocenters. The second-order valence-corrected chi connectivity index (χ2v) is 8.22. The van der Waals surface area contributed by atoms with E-state index in [0.29, 0.717) is 32.0 Å². The highest BCUT2D eigenvalue weighted by Gasteiger charge is 2.34. The number of carbonyl (C=O) groups excluding carboxylic acids is 2. The zero-order valence-corrected chi connectivity index (χ0v) is 16.9. The van der Waals surface area contributed by atoms with Crippen LogP contribution in [0.1, 0.15) is 69.2 Å². The summed E-state index contributed by atoms with van der Waals surface area (Å²) in [4.78, 5) is 27.0. The molecule has 2 amide bonds. The largest absolute Gasteiger partial charge is 0.356 e. The molecule has 3 rings (SSSR count). The van der Waals surface area contributed by atoms with Gasteiger partial charge >= 0.3 is 0 Å². The van der Waals surface area contributed by atoms with Crippen LogP contribution in [0.3, 0.4) is 0 Å². The predicted octanol–water partition coefficient (Wildman–Crippen LogP) is 2.97. The van der Waals surface area contributed by atoms with Crippen molar-refractivity contribution in [3.8, 4) is 0 Å². The molecule has 0 radical (unpaired) electrons. The summed E-state index contributed by atoms with van der Waals surface area (Å²) in [5.74, 6) is 0.296. The van der Waals surface area contributed by atoms with Gasteiger partial charge in [-0.3, -0.25) is 14.3 Å². The van der Waals surface area contributed by atoms with Gasteiger partial charge in [-0.2, -0.15) is 5.10 Å². The second kappa shape index (κ2) is 9.38. The van der Waals surface area contributed by atoms with E-state index >= 15 is 0 Å². The molecule has 0 bridgehead atoms. The number of amides is 2. The second-order valence-electron chi connectivity index (χ2n) is 8.22. The third kappa shape index (κ3) is 5.33. The molecule has 2 heterocycles. The fourth-order valence-electron chi connectivity index (χ4n) is 4.49. The van der Waals surface area contributed by atoms with Gasteiger partial charge in [0.1, 0.15) is 0 Å². The molecule has 2 fully saturated rings. The Morgan fingerprint density at radius 1 is 1.19 bits per heavy atom. The van der Waals surface area contributed by atoms with Crippen molar-refractivity contribution in [1.82, 2.24) is 20.0 Å². The summed E-state index contributed by atoms with van der Waals surface area (Å²) >= 11 is 0. The minimum absolute atomic E-state index is 0.0559. The smallest absolute Gasteiger partial charge is 0.224 e. The molecule has 1 saturated carbocycles. The topological polar surface area (TPSA) is 67.2 Å². The summed E-state index contributed by atoms with van der Waals surface area (Å²) in [6.07, 6.45) is 9.23. The van der Waals surface area contributed by atoms with Crippen LogP contribution >= 0.6 is 0 Å². The number of hydrogen-bond acceptors (Lipinski definition) is 3. The molecule has 1 aromatic rings. The molecule has 27 heavy (non-hydrogen) atoms. The molecule has 0 aromatic carbocycles. The Hall–Kier alpha value is -1.85. The van der Waals surface area contributed by atoms with Gasteiger partial charge in [0.25, 0.3) is 0 Å². The molecule has 150 valence electrons. The maximum Gasteiger partial charge on any atom is 0.224 e. The van der Waals surface area contributed by atoms with E-state index in [1.807, 2.05) is 16.5 Å². The summed E-state index contributed by atoms with van der Waals surface area (Å²) in [5, 5.41) is 7.54. The van der Waals surface area contributed by atoms with Gasteiger partial charge in [0, 0.05) is 37.8 Å². The number of likely N-dealkylation sites (tertiary alicyclic amines) is 1. The quantitative estimate of drug-likeness (QED) is 0.615. The Kier molecular flexibility index (Phi) is 6.91. The van der Waals surface area contributed by atoms with Gasteiger partial charge in [-0.15, -0.1) is 0 Å². The van der Waals surface area contributed by atoms with Crippen LogP contribution in [0.25, 0.3) is 0 Å². The average molecular weight is 375 g/mol. The molecule has 1 saturated heterocycles. The molecule has 1 unspecified atom stereocenters. The van der Waals surface area contributed by atoms with Crippen molar-refractivity contribution in [3.63, 3.8) is 0 Å². The molecule has 2 aliphatic rings. The van der Waals surface area contributed by atoms with E-state index in [9.17, 15) is 9.59 Å². The normalized spacial score (nSPS) is 21.9. The van der Waals surface area contributed by atoms with Crippen molar-refractivity contribution in [2.24, 2.45) is 5.92 Å². The Labute approximate surface area is 162 Å².